The van der Waals surface area contributed by atoms with Crippen LogP contribution in [0.25, 0.3) is 0 Å². The van der Waals surface area contributed by atoms with Gasteiger partial charge in [-0.2, -0.15) is 0 Å². The van der Waals surface area contributed by atoms with E-state index in [2.05, 4.69) is 37.9 Å². The molecule has 1 aromatic carbocycles. The van der Waals surface area contributed by atoms with Gasteiger partial charge in [-0.15, -0.1) is 11.3 Å². The third kappa shape index (κ3) is 3.97. The molecule has 0 saturated heterocycles. The first kappa shape index (κ1) is 14.9. The zero-order valence-electron chi connectivity index (χ0n) is 10.5. The van der Waals surface area contributed by atoms with Crippen LogP contribution in [0.3, 0.4) is 0 Å². The molecule has 1 aromatic heterocycles. The van der Waals surface area contributed by atoms with Gasteiger partial charge in [-0.3, -0.25) is 0 Å². The Morgan fingerprint density at radius 2 is 2.00 bits per heavy atom. The number of ether oxygens (including phenoxy) is 2. The molecule has 19 heavy (non-hydrogen) atoms. The van der Waals surface area contributed by atoms with E-state index < -0.39 is 0 Å². The Morgan fingerprint density at radius 1 is 1.16 bits per heavy atom. The molecule has 2 rings (SSSR count). The first-order valence-corrected chi connectivity index (χ1v) is 8.65. The lowest BCUT2D eigenvalue weighted by Gasteiger charge is -2.14. The molecule has 0 aliphatic heterocycles. The van der Waals surface area contributed by atoms with Gasteiger partial charge in [0.25, 0.3) is 0 Å². The van der Waals surface area contributed by atoms with Gasteiger partial charge in [0, 0.05) is 15.8 Å². The van der Waals surface area contributed by atoms with Crippen molar-refractivity contribution in [1.82, 2.24) is 0 Å². The van der Waals surface area contributed by atoms with Crippen molar-refractivity contribution in [1.29, 1.82) is 0 Å². The second-order valence-corrected chi connectivity index (χ2v) is 6.91. The number of benzene rings is 1. The van der Waals surface area contributed by atoms with E-state index in [-0.39, 0.29) is 0 Å². The van der Waals surface area contributed by atoms with Crippen LogP contribution in [0, 0.1) is 0 Å². The predicted octanol–water partition coefficient (Wildman–Crippen LogP) is 5.38. The lowest BCUT2D eigenvalue weighted by Crippen LogP contribution is -2.01. The largest absolute Gasteiger partial charge is 0.490 e. The molecule has 1 heterocycles. The third-order valence-electron chi connectivity index (χ3n) is 2.49. The number of hydrogen-bond acceptors (Lipinski definition) is 3. The fourth-order valence-electron chi connectivity index (χ4n) is 1.67. The molecule has 0 amide bonds. The van der Waals surface area contributed by atoms with Crippen LogP contribution in [-0.4, -0.2) is 6.61 Å². The SMILES string of the molecule is CCOc1cccc(CBr)c1OCc1ccc(Br)s1. The quantitative estimate of drug-likeness (QED) is 0.600. The molecule has 0 unspecified atom stereocenters. The standard InChI is InChI=1S/C14H14Br2O2S/c1-2-17-12-5-3-4-10(8-15)14(12)18-9-11-6-7-13(16)19-11/h3-7H,2,8-9H2,1H3. The maximum Gasteiger partial charge on any atom is 0.165 e. The smallest absolute Gasteiger partial charge is 0.165 e. The molecule has 5 heteroatoms. The Labute approximate surface area is 134 Å². The Bertz CT molecular complexity index is 540. The van der Waals surface area contributed by atoms with Crippen LogP contribution < -0.4 is 9.47 Å². The molecule has 0 bridgehead atoms. The predicted molar refractivity (Wildman–Crippen MR) is 86.6 cm³/mol. The minimum absolute atomic E-state index is 0.556. The summed E-state index contributed by atoms with van der Waals surface area (Å²) in [5, 5.41) is 0.747. The molecule has 0 atom stereocenters. The highest BCUT2D eigenvalue weighted by molar-refractivity contribution is 9.11. The van der Waals surface area contributed by atoms with E-state index in [9.17, 15) is 0 Å². The summed E-state index contributed by atoms with van der Waals surface area (Å²) in [5.74, 6) is 1.63. The Kier molecular flexibility index (Phi) is 5.73. The fourth-order valence-corrected chi connectivity index (χ4v) is 3.51. The number of hydrogen-bond donors (Lipinski definition) is 0. The Hall–Kier alpha value is -0.520. The van der Waals surface area contributed by atoms with Gasteiger partial charge in [-0.1, -0.05) is 28.1 Å². The van der Waals surface area contributed by atoms with Crippen molar-refractivity contribution in [3.63, 3.8) is 0 Å². The van der Waals surface area contributed by atoms with Crippen molar-refractivity contribution < 1.29 is 9.47 Å². The molecule has 0 N–H and O–H groups in total. The third-order valence-corrected chi connectivity index (χ3v) is 4.69. The van der Waals surface area contributed by atoms with Gasteiger partial charge in [-0.05, 0) is 41.1 Å². The maximum atomic E-state index is 5.95. The molecule has 2 aromatic rings. The number of thiophene rings is 1. The lowest BCUT2D eigenvalue weighted by molar-refractivity contribution is 0.269. The molecule has 0 spiro atoms. The van der Waals surface area contributed by atoms with E-state index in [1.54, 1.807) is 11.3 Å². The summed E-state index contributed by atoms with van der Waals surface area (Å²) in [4.78, 5) is 1.18. The minimum atomic E-state index is 0.556. The molecule has 0 saturated carbocycles. The van der Waals surface area contributed by atoms with Crippen LogP contribution in [0.2, 0.25) is 0 Å². The Balaban J connectivity index is 2.17. The van der Waals surface area contributed by atoms with Crippen LogP contribution in [0.4, 0.5) is 0 Å². The molecular weight excluding hydrogens is 392 g/mol. The van der Waals surface area contributed by atoms with Crippen LogP contribution >= 0.6 is 43.2 Å². The lowest BCUT2D eigenvalue weighted by atomic mass is 10.2. The normalized spacial score (nSPS) is 10.5. The topological polar surface area (TPSA) is 18.5 Å². The highest BCUT2D eigenvalue weighted by Gasteiger charge is 2.11. The number of para-hydroxylation sites is 1. The molecule has 0 radical (unpaired) electrons. The van der Waals surface area contributed by atoms with Crippen LogP contribution in [0.15, 0.2) is 34.1 Å². The van der Waals surface area contributed by atoms with Crippen LogP contribution in [0.1, 0.15) is 17.4 Å². The number of rotatable bonds is 6. The average molecular weight is 406 g/mol. The molecule has 102 valence electrons. The molecule has 0 fully saturated rings. The van der Waals surface area contributed by atoms with Gasteiger partial charge < -0.3 is 9.47 Å². The zero-order chi connectivity index (χ0) is 13.7. The first-order chi connectivity index (χ1) is 9.24. The molecule has 0 aliphatic rings. The summed E-state index contributed by atoms with van der Waals surface area (Å²) in [6.07, 6.45) is 0. The minimum Gasteiger partial charge on any atom is -0.490 e. The second-order valence-electron chi connectivity index (χ2n) is 3.81. The number of halogens is 2. The first-order valence-electron chi connectivity index (χ1n) is 5.92. The van der Waals surface area contributed by atoms with Crippen molar-refractivity contribution in [2.75, 3.05) is 6.61 Å². The van der Waals surface area contributed by atoms with E-state index in [0.29, 0.717) is 13.2 Å². The van der Waals surface area contributed by atoms with E-state index in [4.69, 9.17) is 9.47 Å². The van der Waals surface area contributed by atoms with Gasteiger partial charge in [0.15, 0.2) is 11.5 Å². The summed E-state index contributed by atoms with van der Waals surface area (Å²) in [7, 11) is 0. The fraction of sp³-hybridized carbons (Fsp3) is 0.286. The van der Waals surface area contributed by atoms with Crippen molar-refractivity contribution in [3.05, 3.63) is 44.6 Å². The van der Waals surface area contributed by atoms with Crippen molar-refractivity contribution in [2.45, 2.75) is 18.9 Å². The second kappa shape index (κ2) is 7.31. The van der Waals surface area contributed by atoms with E-state index in [1.165, 1.54) is 4.88 Å². The Morgan fingerprint density at radius 3 is 2.63 bits per heavy atom. The summed E-state index contributed by atoms with van der Waals surface area (Å²) in [5.41, 5.74) is 1.10. The van der Waals surface area contributed by atoms with Crippen LogP contribution in [0.5, 0.6) is 11.5 Å². The van der Waals surface area contributed by atoms with E-state index in [0.717, 1.165) is 26.2 Å². The van der Waals surface area contributed by atoms with E-state index >= 15 is 0 Å². The molecule has 2 nitrogen and oxygen atoms in total. The summed E-state index contributed by atoms with van der Waals surface area (Å²) in [6.45, 7) is 3.16. The zero-order valence-corrected chi connectivity index (χ0v) is 14.5. The summed E-state index contributed by atoms with van der Waals surface area (Å²) < 4.78 is 12.7. The van der Waals surface area contributed by atoms with Gasteiger partial charge in [0.2, 0.25) is 0 Å². The molecular formula is C14H14Br2O2S. The van der Waals surface area contributed by atoms with Crippen molar-refractivity contribution in [2.24, 2.45) is 0 Å². The van der Waals surface area contributed by atoms with Gasteiger partial charge in [-0.25, -0.2) is 0 Å². The highest BCUT2D eigenvalue weighted by Crippen LogP contribution is 2.34. The maximum absolute atomic E-state index is 5.95. The van der Waals surface area contributed by atoms with Crippen LogP contribution in [-0.2, 0) is 11.9 Å². The summed E-state index contributed by atoms with van der Waals surface area (Å²) in [6, 6.07) is 10.1. The van der Waals surface area contributed by atoms with Gasteiger partial charge in [0.05, 0.1) is 10.4 Å². The number of alkyl halides is 1. The van der Waals surface area contributed by atoms with Gasteiger partial charge in [0.1, 0.15) is 6.61 Å². The average Bonchev–Trinajstić information content (AvgIpc) is 2.83. The monoisotopic (exact) mass is 404 g/mol. The summed E-state index contributed by atoms with van der Waals surface area (Å²) >= 11 is 8.62. The van der Waals surface area contributed by atoms with Crippen molar-refractivity contribution in [3.8, 4) is 11.5 Å². The molecule has 0 aliphatic carbocycles. The van der Waals surface area contributed by atoms with Crippen molar-refractivity contribution >= 4 is 43.2 Å². The highest BCUT2D eigenvalue weighted by atomic mass is 79.9. The van der Waals surface area contributed by atoms with E-state index in [1.807, 2.05) is 31.2 Å². The van der Waals surface area contributed by atoms with Gasteiger partial charge >= 0.3 is 0 Å².